The van der Waals surface area contributed by atoms with Crippen molar-refractivity contribution < 1.29 is 14.3 Å². The van der Waals surface area contributed by atoms with Gasteiger partial charge in [-0.2, -0.15) is 0 Å². The predicted octanol–water partition coefficient (Wildman–Crippen LogP) is 2.47. The lowest BCUT2D eigenvalue weighted by molar-refractivity contribution is -0.120. The number of nitrogens with one attached hydrogen (secondary N) is 2. The Kier molecular flexibility index (Phi) is 5.95. The van der Waals surface area contributed by atoms with E-state index in [9.17, 15) is 9.59 Å². The summed E-state index contributed by atoms with van der Waals surface area (Å²) in [6, 6.07) is 13.0. The zero-order chi connectivity index (χ0) is 17.5. The highest BCUT2D eigenvalue weighted by atomic mass is 16.5. The highest BCUT2D eigenvalue weighted by molar-refractivity contribution is 5.92. The fourth-order valence-electron chi connectivity index (χ4n) is 2.34. The Hall–Kier alpha value is -2.82. The Morgan fingerprint density at radius 3 is 2.21 bits per heavy atom. The summed E-state index contributed by atoms with van der Waals surface area (Å²) < 4.78 is 5.28. The van der Waals surface area contributed by atoms with Crippen molar-refractivity contribution >= 4 is 17.5 Å². The third-order valence-corrected chi connectivity index (χ3v) is 3.72. The number of ether oxygens (including phenoxy) is 1. The van der Waals surface area contributed by atoms with Gasteiger partial charge in [-0.25, -0.2) is 0 Å². The standard InChI is InChI=1S/C19H22N2O3/c1-13-4-5-15(10-17(13)24-3)12-19(23)21-16-8-6-14(7-9-16)11-18(22)20-2/h4-10H,11-12H2,1-3H3,(H,20,22)(H,21,23). The van der Waals surface area contributed by atoms with Crippen LogP contribution in [0.3, 0.4) is 0 Å². The molecule has 126 valence electrons. The maximum absolute atomic E-state index is 12.2. The van der Waals surface area contributed by atoms with Crippen LogP contribution < -0.4 is 15.4 Å². The van der Waals surface area contributed by atoms with Gasteiger partial charge in [-0.15, -0.1) is 0 Å². The molecule has 0 aliphatic rings. The van der Waals surface area contributed by atoms with Crippen molar-refractivity contribution in [1.82, 2.24) is 5.32 Å². The summed E-state index contributed by atoms with van der Waals surface area (Å²) in [5.41, 5.74) is 3.54. The van der Waals surface area contributed by atoms with Gasteiger partial charge < -0.3 is 15.4 Å². The first-order valence-corrected chi connectivity index (χ1v) is 7.74. The van der Waals surface area contributed by atoms with E-state index < -0.39 is 0 Å². The first-order chi connectivity index (χ1) is 11.5. The van der Waals surface area contributed by atoms with Crippen LogP contribution in [0, 0.1) is 6.92 Å². The van der Waals surface area contributed by atoms with E-state index in [1.807, 2.05) is 37.3 Å². The molecule has 0 fully saturated rings. The number of methoxy groups -OCH3 is 1. The lowest BCUT2D eigenvalue weighted by Crippen LogP contribution is -2.20. The zero-order valence-electron chi connectivity index (χ0n) is 14.2. The molecule has 24 heavy (non-hydrogen) atoms. The van der Waals surface area contributed by atoms with Crippen LogP contribution in [-0.2, 0) is 22.4 Å². The van der Waals surface area contributed by atoms with E-state index in [1.165, 1.54) is 0 Å². The van der Waals surface area contributed by atoms with Crippen LogP contribution in [-0.4, -0.2) is 26.0 Å². The topological polar surface area (TPSA) is 67.4 Å². The van der Waals surface area contributed by atoms with Gasteiger partial charge in [-0.3, -0.25) is 9.59 Å². The van der Waals surface area contributed by atoms with E-state index in [2.05, 4.69) is 10.6 Å². The smallest absolute Gasteiger partial charge is 0.228 e. The van der Waals surface area contributed by atoms with Crippen molar-refractivity contribution in [3.63, 3.8) is 0 Å². The van der Waals surface area contributed by atoms with E-state index in [1.54, 1.807) is 26.3 Å². The quantitative estimate of drug-likeness (QED) is 0.857. The van der Waals surface area contributed by atoms with Crippen LogP contribution in [0.2, 0.25) is 0 Å². The number of likely N-dealkylation sites (N-methyl/N-ethyl adjacent to an activating group) is 1. The molecule has 0 saturated heterocycles. The molecule has 0 aliphatic carbocycles. The molecule has 0 bridgehead atoms. The Balaban J connectivity index is 1.96. The number of hydrogen-bond acceptors (Lipinski definition) is 3. The summed E-state index contributed by atoms with van der Waals surface area (Å²) >= 11 is 0. The van der Waals surface area contributed by atoms with Gasteiger partial charge in [-0.1, -0.05) is 24.3 Å². The lowest BCUT2D eigenvalue weighted by Gasteiger charge is -2.09. The molecule has 2 N–H and O–H groups in total. The first-order valence-electron chi connectivity index (χ1n) is 7.74. The number of anilines is 1. The van der Waals surface area contributed by atoms with Gasteiger partial charge in [0.25, 0.3) is 0 Å². The normalized spacial score (nSPS) is 10.1. The minimum Gasteiger partial charge on any atom is -0.496 e. The van der Waals surface area contributed by atoms with E-state index >= 15 is 0 Å². The number of carbonyl (C=O) groups excluding carboxylic acids is 2. The highest BCUT2D eigenvalue weighted by Gasteiger charge is 2.07. The van der Waals surface area contributed by atoms with Crippen LogP contribution in [0.15, 0.2) is 42.5 Å². The summed E-state index contributed by atoms with van der Waals surface area (Å²) in [6.45, 7) is 1.96. The molecular formula is C19H22N2O3. The van der Waals surface area contributed by atoms with Crippen molar-refractivity contribution in [2.45, 2.75) is 19.8 Å². The largest absolute Gasteiger partial charge is 0.496 e. The van der Waals surface area contributed by atoms with Gasteiger partial charge in [-0.05, 0) is 41.8 Å². The van der Waals surface area contributed by atoms with Crippen molar-refractivity contribution in [3.05, 3.63) is 59.2 Å². The number of carbonyl (C=O) groups is 2. The molecule has 0 radical (unpaired) electrons. The van der Waals surface area contributed by atoms with E-state index in [4.69, 9.17) is 4.74 Å². The number of benzene rings is 2. The summed E-state index contributed by atoms with van der Waals surface area (Å²) in [5, 5.41) is 5.44. The molecule has 0 heterocycles. The second-order valence-electron chi connectivity index (χ2n) is 5.58. The van der Waals surface area contributed by atoms with Gasteiger partial charge in [0, 0.05) is 12.7 Å². The second kappa shape index (κ2) is 8.15. The molecule has 2 aromatic carbocycles. The molecule has 0 saturated carbocycles. The highest BCUT2D eigenvalue weighted by Crippen LogP contribution is 2.19. The molecule has 0 unspecified atom stereocenters. The van der Waals surface area contributed by atoms with Crippen molar-refractivity contribution in [2.75, 3.05) is 19.5 Å². The van der Waals surface area contributed by atoms with E-state index in [0.29, 0.717) is 12.1 Å². The summed E-state index contributed by atoms with van der Waals surface area (Å²) in [7, 11) is 3.23. The fourth-order valence-corrected chi connectivity index (χ4v) is 2.34. The Morgan fingerprint density at radius 2 is 1.58 bits per heavy atom. The van der Waals surface area contributed by atoms with Crippen LogP contribution in [0.4, 0.5) is 5.69 Å². The Morgan fingerprint density at radius 1 is 0.958 bits per heavy atom. The summed E-state index contributed by atoms with van der Waals surface area (Å²) in [6.07, 6.45) is 0.602. The Labute approximate surface area is 142 Å². The maximum Gasteiger partial charge on any atom is 0.228 e. The lowest BCUT2D eigenvalue weighted by atomic mass is 10.1. The number of aryl methyl sites for hydroxylation is 1. The molecule has 5 nitrogen and oxygen atoms in total. The van der Waals surface area contributed by atoms with Gasteiger partial charge >= 0.3 is 0 Å². The number of rotatable bonds is 6. The number of amides is 2. The van der Waals surface area contributed by atoms with Crippen LogP contribution in [0.5, 0.6) is 5.75 Å². The fraction of sp³-hybridized carbons (Fsp3) is 0.263. The third-order valence-electron chi connectivity index (χ3n) is 3.72. The average Bonchev–Trinajstić information content (AvgIpc) is 2.58. The summed E-state index contributed by atoms with van der Waals surface area (Å²) in [5.74, 6) is 0.638. The third kappa shape index (κ3) is 4.84. The minimum absolute atomic E-state index is 0.0416. The minimum atomic E-state index is -0.0973. The Bertz CT molecular complexity index is 724. The molecule has 0 atom stereocenters. The van der Waals surface area contributed by atoms with Crippen molar-refractivity contribution in [1.29, 1.82) is 0 Å². The molecule has 5 heteroatoms. The van der Waals surface area contributed by atoms with Gasteiger partial charge in [0.15, 0.2) is 0 Å². The summed E-state index contributed by atoms with van der Waals surface area (Å²) in [4.78, 5) is 23.5. The van der Waals surface area contributed by atoms with Crippen LogP contribution >= 0.6 is 0 Å². The zero-order valence-corrected chi connectivity index (χ0v) is 14.2. The van der Waals surface area contributed by atoms with Crippen LogP contribution in [0.1, 0.15) is 16.7 Å². The van der Waals surface area contributed by atoms with Gasteiger partial charge in [0.1, 0.15) is 5.75 Å². The predicted molar refractivity (Wildman–Crippen MR) is 94.3 cm³/mol. The molecule has 2 amide bonds. The number of hydrogen-bond donors (Lipinski definition) is 2. The first kappa shape index (κ1) is 17.5. The monoisotopic (exact) mass is 326 g/mol. The molecule has 2 aromatic rings. The average molecular weight is 326 g/mol. The maximum atomic E-state index is 12.2. The second-order valence-corrected chi connectivity index (χ2v) is 5.58. The van der Waals surface area contributed by atoms with Gasteiger partial charge in [0.2, 0.25) is 11.8 Å². The van der Waals surface area contributed by atoms with Gasteiger partial charge in [0.05, 0.1) is 20.0 Å². The van der Waals surface area contributed by atoms with Crippen LogP contribution in [0.25, 0.3) is 0 Å². The molecule has 2 rings (SSSR count). The van der Waals surface area contributed by atoms with Crippen molar-refractivity contribution in [2.24, 2.45) is 0 Å². The van der Waals surface area contributed by atoms with Crippen molar-refractivity contribution in [3.8, 4) is 5.75 Å². The molecule has 0 spiro atoms. The van der Waals surface area contributed by atoms with E-state index in [-0.39, 0.29) is 18.2 Å². The van der Waals surface area contributed by atoms with E-state index in [0.717, 1.165) is 22.4 Å². The SMILES string of the molecule is CNC(=O)Cc1ccc(NC(=O)Cc2ccc(C)c(OC)c2)cc1. The molecular weight excluding hydrogens is 304 g/mol. The molecule has 0 aliphatic heterocycles. The molecule has 0 aromatic heterocycles.